The van der Waals surface area contributed by atoms with Crippen molar-refractivity contribution < 1.29 is 12.6 Å². The maximum atomic E-state index is 12.0. The van der Waals surface area contributed by atoms with Crippen LogP contribution in [0.4, 0.5) is 0 Å². The Balaban J connectivity index is 1.66. The number of hydrogen-bond acceptors (Lipinski definition) is 3. The molecule has 1 atom stereocenters. The van der Waals surface area contributed by atoms with Gasteiger partial charge in [0.25, 0.3) is 10.1 Å². The first-order valence-corrected chi connectivity index (χ1v) is 7.78. The molecule has 1 aromatic rings. The van der Waals surface area contributed by atoms with Gasteiger partial charge in [-0.2, -0.15) is 8.42 Å². The molecule has 98 valence electrons. The van der Waals surface area contributed by atoms with Gasteiger partial charge in [-0.1, -0.05) is 24.6 Å². The van der Waals surface area contributed by atoms with E-state index in [1.54, 1.807) is 24.3 Å². The van der Waals surface area contributed by atoms with E-state index in [9.17, 15) is 8.42 Å². The molecule has 0 amide bonds. The van der Waals surface area contributed by atoms with E-state index in [0.29, 0.717) is 23.9 Å². The highest BCUT2D eigenvalue weighted by atomic mass is 32.2. The second kappa shape index (κ2) is 3.81. The summed E-state index contributed by atoms with van der Waals surface area (Å²) in [5.41, 5.74) is 1.40. The zero-order valence-electron chi connectivity index (χ0n) is 10.7. The lowest BCUT2D eigenvalue weighted by molar-refractivity contribution is -0.188. The molecule has 3 fully saturated rings. The quantitative estimate of drug-likeness (QED) is 0.787. The van der Waals surface area contributed by atoms with Gasteiger partial charge in [-0.05, 0) is 49.1 Å². The minimum Gasteiger partial charge on any atom is -0.266 e. The third-order valence-electron chi connectivity index (χ3n) is 4.63. The second-order valence-corrected chi connectivity index (χ2v) is 7.60. The molecule has 3 nitrogen and oxygen atoms in total. The highest BCUT2D eigenvalue weighted by Crippen LogP contribution is 2.68. The van der Waals surface area contributed by atoms with Gasteiger partial charge >= 0.3 is 0 Å². The molecule has 0 spiro atoms. The van der Waals surface area contributed by atoms with Crippen molar-refractivity contribution in [3.8, 4) is 0 Å². The Morgan fingerprint density at radius 2 is 1.89 bits per heavy atom. The van der Waals surface area contributed by atoms with Crippen LogP contribution in [0.15, 0.2) is 29.2 Å². The summed E-state index contributed by atoms with van der Waals surface area (Å²) in [6.07, 6.45) is 2.48. The lowest BCUT2D eigenvalue weighted by atomic mass is 9.39. The van der Waals surface area contributed by atoms with E-state index >= 15 is 0 Å². The van der Waals surface area contributed by atoms with Crippen LogP contribution in [0, 0.1) is 24.2 Å². The standard InChI is InChI=1S/C14H18O3S/c1-10-3-5-12(6-4-10)18(15,16)17-9-13-11-7-14(13,2)8-11/h3-6,11,13H,7-9H2,1-2H3. The Kier molecular flexibility index (Phi) is 2.58. The molecule has 3 saturated carbocycles. The molecule has 4 heteroatoms. The van der Waals surface area contributed by atoms with Crippen molar-refractivity contribution in [2.45, 2.75) is 31.6 Å². The van der Waals surface area contributed by atoms with Gasteiger partial charge in [0.2, 0.25) is 0 Å². The zero-order chi connectivity index (χ0) is 13.0. The lowest BCUT2D eigenvalue weighted by Gasteiger charge is -2.67. The average molecular weight is 266 g/mol. The minimum atomic E-state index is -3.58. The molecule has 0 radical (unpaired) electrons. The van der Waals surface area contributed by atoms with Crippen LogP contribution in [0.5, 0.6) is 0 Å². The molecule has 4 rings (SSSR count). The Labute approximate surface area is 108 Å². The van der Waals surface area contributed by atoms with Crippen molar-refractivity contribution >= 4 is 10.1 Å². The number of benzene rings is 1. The van der Waals surface area contributed by atoms with E-state index in [4.69, 9.17) is 4.18 Å². The molecule has 0 saturated heterocycles. The van der Waals surface area contributed by atoms with Crippen LogP contribution in [0.1, 0.15) is 25.3 Å². The van der Waals surface area contributed by atoms with Crippen LogP contribution >= 0.6 is 0 Å². The van der Waals surface area contributed by atoms with Gasteiger partial charge in [0, 0.05) is 0 Å². The Hall–Kier alpha value is -0.870. The normalized spacial score (nSPS) is 33.7. The topological polar surface area (TPSA) is 43.4 Å². The van der Waals surface area contributed by atoms with Crippen molar-refractivity contribution in [3.63, 3.8) is 0 Å². The maximum absolute atomic E-state index is 12.0. The van der Waals surface area contributed by atoms with Crippen LogP contribution in [0.3, 0.4) is 0 Å². The first-order valence-electron chi connectivity index (χ1n) is 6.37. The summed E-state index contributed by atoms with van der Waals surface area (Å²) in [5.74, 6) is 1.14. The van der Waals surface area contributed by atoms with Crippen LogP contribution in [-0.4, -0.2) is 15.0 Å². The molecule has 0 aromatic heterocycles. The van der Waals surface area contributed by atoms with E-state index in [-0.39, 0.29) is 4.90 Å². The first kappa shape index (κ1) is 12.2. The number of rotatable bonds is 4. The molecule has 0 heterocycles. The summed E-state index contributed by atoms with van der Waals surface area (Å²) >= 11 is 0. The van der Waals surface area contributed by atoms with Gasteiger partial charge in [0.1, 0.15) is 0 Å². The zero-order valence-corrected chi connectivity index (χ0v) is 11.5. The average Bonchev–Trinajstić information content (AvgIpc) is 2.26. The fraction of sp³-hybridized carbons (Fsp3) is 0.571. The van der Waals surface area contributed by atoms with E-state index in [1.807, 2.05) is 6.92 Å². The SMILES string of the molecule is Cc1ccc(S(=O)(=O)OCC2C3CC2(C)C3)cc1. The summed E-state index contributed by atoms with van der Waals surface area (Å²) in [7, 11) is -3.58. The molecule has 0 N–H and O–H groups in total. The lowest BCUT2D eigenvalue weighted by Crippen LogP contribution is -2.61. The van der Waals surface area contributed by atoms with Crippen molar-refractivity contribution in [3.05, 3.63) is 29.8 Å². The summed E-state index contributed by atoms with van der Waals surface area (Å²) in [4.78, 5) is 0.256. The molecule has 1 unspecified atom stereocenters. The highest BCUT2D eigenvalue weighted by Gasteiger charge is 2.62. The monoisotopic (exact) mass is 266 g/mol. The molecule has 3 aliphatic rings. The van der Waals surface area contributed by atoms with Crippen molar-refractivity contribution in [1.82, 2.24) is 0 Å². The fourth-order valence-electron chi connectivity index (χ4n) is 3.25. The van der Waals surface area contributed by atoms with Crippen molar-refractivity contribution in [1.29, 1.82) is 0 Å². The van der Waals surface area contributed by atoms with Gasteiger partial charge in [0.15, 0.2) is 0 Å². The number of hydrogen-bond donors (Lipinski definition) is 0. The minimum absolute atomic E-state index is 0.256. The maximum Gasteiger partial charge on any atom is 0.296 e. The summed E-state index contributed by atoms with van der Waals surface area (Å²) in [5, 5.41) is 0. The first-order chi connectivity index (χ1) is 8.41. The largest absolute Gasteiger partial charge is 0.296 e. The van der Waals surface area contributed by atoms with Gasteiger partial charge in [-0.15, -0.1) is 0 Å². The highest BCUT2D eigenvalue weighted by molar-refractivity contribution is 7.86. The van der Waals surface area contributed by atoms with Gasteiger partial charge < -0.3 is 0 Å². The molecular weight excluding hydrogens is 248 g/mol. The smallest absolute Gasteiger partial charge is 0.266 e. The Morgan fingerprint density at radius 1 is 1.28 bits per heavy atom. The van der Waals surface area contributed by atoms with E-state index in [1.165, 1.54) is 12.8 Å². The summed E-state index contributed by atoms with van der Waals surface area (Å²) < 4.78 is 29.2. The Bertz CT molecular complexity index is 553. The van der Waals surface area contributed by atoms with Crippen LogP contribution in [0.2, 0.25) is 0 Å². The fourth-order valence-corrected chi connectivity index (χ4v) is 4.18. The van der Waals surface area contributed by atoms with Crippen LogP contribution in [0.25, 0.3) is 0 Å². The third-order valence-corrected chi connectivity index (χ3v) is 5.93. The predicted molar refractivity (Wildman–Crippen MR) is 68.6 cm³/mol. The van der Waals surface area contributed by atoms with Crippen molar-refractivity contribution in [2.75, 3.05) is 6.61 Å². The molecular formula is C14H18O3S. The second-order valence-electron chi connectivity index (χ2n) is 5.98. The summed E-state index contributed by atoms with van der Waals surface area (Å²) in [6, 6.07) is 6.79. The molecule has 1 aromatic carbocycles. The molecule has 18 heavy (non-hydrogen) atoms. The van der Waals surface area contributed by atoms with Gasteiger partial charge in [0.05, 0.1) is 11.5 Å². The van der Waals surface area contributed by atoms with Gasteiger partial charge in [-0.25, -0.2) is 0 Å². The van der Waals surface area contributed by atoms with Gasteiger partial charge in [-0.3, -0.25) is 4.18 Å². The summed E-state index contributed by atoms with van der Waals surface area (Å²) in [6.45, 7) is 4.50. The number of aryl methyl sites for hydroxylation is 1. The van der Waals surface area contributed by atoms with Crippen LogP contribution in [-0.2, 0) is 14.3 Å². The van der Waals surface area contributed by atoms with E-state index in [0.717, 1.165) is 5.56 Å². The van der Waals surface area contributed by atoms with Crippen molar-refractivity contribution in [2.24, 2.45) is 17.3 Å². The molecule has 2 bridgehead atoms. The van der Waals surface area contributed by atoms with E-state index < -0.39 is 10.1 Å². The molecule has 3 aliphatic carbocycles. The third kappa shape index (κ3) is 1.79. The predicted octanol–water partition coefficient (Wildman–Crippen LogP) is 2.75. The molecule has 0 aliphatic heterocycles. The van der Waals surface area contributed by atoms with E-state index in [2.05, 4.69) is 6.92 Å². The van der Waals surface area contributed by atoms with Crippen LogP contribution < -0.4 is 0 Å². The Morgan fingerprint density at radius 3 is 2.33 bits per heavy atom.